The van der Waals surface area contributed by atoms with Crippen LogP contribution in [0, 0.1) is 5.92 Å². The molecule has 0 aromatic heterocycles. The summed E-state index contributed by atoms with van der Waals surface area (Å²) in [6.45, 7) is 6.21. The number of benzene rings is 2. The highest BCUT2D eigenvalue weighted by Crippen LogP contribution is 2.31. The van der Waals surface area contributed by atoms with Gasteiger partial charge in [0.15, 0.2) is 6.61 Å². The zero-order valence-corrected chi connectivity index (χ0v) is 16.1. The molecule has 3 rings (SSSR count). The minimum Gasteiger partial charge on any atom is -0.482 e. The van der Waals surface area contributed by atoms with Gasteiger partial charge in [-0.15, -0.1) is 0 Å². The molecule has 0 aliphatic carbocycles. The quantitative estimate of drug-likeness (QED) is 0.851. The van der Waals surface area contributed by atoms with E-state index in [0.29, 0.717) is 11.4 Å². The maximum atomic E-state index is 12.7. The Morgan fingerprint density at radius 3 is 2.52 bits per heavy atom. The lowest BCUT2D eigenvalue weighted by atomic mass is 9.95. The molecule has 2 aromatic rings. The minimum absolute atomic E-state index is 0.0184. The lowest BCUT2D eigenvalue weighted by molar-refractivity contribution is -0.125. The van der Waals surface area contributed by atoms with Crippen molar-refractivity contribution in [2.45, 2.75) is 33.2 Å². The minimum atomic E-state index is -0.211. The van der Waals surface area contributed by atoms with E-state index in [0.717, 1.165) is 12.0 Å². The molecule has 142 valence electrons. The highest BCUT2D eigenvalue weighted by atomic mass is 16.5. The van der Waals surface area contributed by atoms with Gasteiger partial charge in [-0.2, -0.15) is 0 Å². The van der Waals surface area contributed by atoms with Crippen LogP contribution in [0.2, 0.25) is 0 Å². The van der Waals surface area contributed by atoms with Crippen molar-refractivity contribution in [2.24, 2.45) is 5.92 Å². The number of nitrogens with zero attached hydrogens (tertiary/aromatic N) is 1. The Hall–Kier alpha value is -2.82. The van der Waals surface area contributed by atoms with Crippen LogP contribution in [0.25, 0.3) is 0 Å². The van der Waals surface area contributed by atoms with E-state index in [-0.39, 0.29) is 36.9 Å². The Morgan fingerprint density at radius 1 is 1.15 bits per heavy atom. The van der Waals surface area contributed by atoms with Crippen LogP contribution in [-0.2, 0) is 16.0 Å². The number of fused-ring (bicyclic) bond motifs is 1. The van der Waals surface area contributed by atoms with Gasteiger partial charge in [0.1, 0.15) is 12.3 Å². The van der Waals surface area contributed by atoms with Gasteiger partial charge in [-0.1, -0.05) is 57.2 Å². The summed E-state index contributed by atoms with van der Waals surface area (Å²) in [4.78, 5) is 26.5. The fourth-order valence-corrected chi connectivity index (χ4v) is 3.29. The maximum absolute atomic E-state index is 12.7. The molecule has 0 saturated carbocycles. The molecule has 0 bridgehead atoms. The van der Waals surface area contributed by atoms with Crippen LogP contribution in [0.5, 0.6) is 5.75 Å². The Labute approximate surface area is 160 Å². The number of anilines is 1. The average molecular weight is 366 g/mol. The SMILES string of the molecule is CCc1ccc(C(NC(=O)CN2C(=O)COc3ccccc32)C(C)C)cc1. The first-order valence-electron chi connectivity index (χ1n) is 9.40. The predicted molar refractivity (Wildman–Crippen MR) is 106 cm³/mol. The lowest BCUT2D eigenvalue weighted by Gasteiger charge is -2.30. The summed E-state index contributed by atoms with van der Waals surface area (Å²) in [6.07, 6.45) is 0.984. The molecule has 5 nitrogen and oxygen atoms in total. The number of carbonyl (C=O) groups is 2. The fraction of sp³-hybridized carbons (Fsp3) is 0.364. The zero-order valence-electron chi connectivity index (χ0n) is 16.1. The molecule has 1 heterocycles. The van der Waals surface area contributed by atoms with Crippen LogP contribution in [0.15, 0.2) is 48.5 Å². The van der Waals surface area contributed by atoms with Gasteiger partial charge in [0.2, 0.25) is 5.91 Å². The van der Waals surface area contributed by atoms with Crippen molar-refractivity contribution in [1.29, 1.82) is 0 Å². The monoisotopic (exact) mass is 366 g/mol. The Bertz CT molecular complexity index is 815. The molecule has 0 fully saturated rings. The van der Waals surface area contributed by atoms with E-state index < -0.39 is 0 Å². The summed E-state index contributed by atoms with van der Waals surface area (Å²) in [5.74, 6) is 0.463. The second kappa shape index (κ2) is 8.25. The molecule has 1 unspecified atom stereocenters. The molecule has 2 amide bonds. The fourth-order valence-electron chi connectivity index (χ4n) is 3.29. The molecule has 1 aliphatic heterocycles. The van der Waals surface area contributed by atoms with Gasteiger partial charge in [-0.25, -0.2) is 0 Å². The van der Waals surface area contributed by atoms with Crippen molar-refractivity contribution < 1.29 is 14.3 Å². The van der Waals surface area contributed by atoms with Crippen LogP contribution < -0.4 is 15.0 Å². The van der Waals surface area contributed by atoms with Crippen LogP contribution in [0.4, 0.5) is 5.69 Å². The maximum Gasteiger partial charge on any atom is 0.265 e. The van der Waals surface area contributed by atoms with Crippen LogP contribution in [0.1, 0.15) is 37.9 Å². The summed E-state index contributed by atoms with van der Waals surface area (Å²) < 4.78 is 5.44. The second-order valence-electron chi connectivity index (χ2n) is 7.12. The van der Waals surface area contributed by atoms with E-state index in [9.17, 15) is 9.59 Å². The smallest absolute Gasteiger partial charge is 0.265 e. The normalized spacial score (nSPS) is 14.5. The van der Waals surface area contributed by atoms with E-state index in [4.69, 9.17) is 4.74 Å². The van der Waals surface area contributed by atoms with E-state index in [1.54, 1.807) is 12.1 Å². The van der Waals surface area contributed by atoms with Crippen molar-refractivity contribution in [3.63, 3.8) is 0 Å². The molecule has 27 heavy (non-hydrogen) atoms. The summed E-state index contributed by atoms with van der Waals surface area (Å²) in [6, 6.07) is 15.5. The third-order valence-electron chi connectivity index (χ3n) is 4.84. The molecule has 0 radical (unpaired) electrons. The van der Waals surface area contributed by atoms with Crippen molar-refractivity contribution in [3.8, 4) is 5.75 Å². The van der Waals surface area contributed by atoms with Gasteiger partial charge >= 0.3 is 0 Å². The van der Waals surface area contributed by atoms with Gasteiger partial charge in [-0.05, 0) is 35.6 Å². The van der Waals surface area contributed by atoms with Crippen molar-refractivity contribution in [1.82, 2.24) is 5.32 Å². The molecule has 1 aliphatic rings. The standard InChI is InChI=1S/C22H26N2O3/c1-4-16-9-11-17(12-10-16)22(15(2)3)23-20(25)13-24-18-7-5-6-8-19(18)27-14-21(24)26/h5-12,15,22H,4,13-14H2,1-3H3,(H,23,25). The van der Waals surface area contributed by atoms with Gasteiger partial charge in [0, 0.05) is 0 Å². The van der Waals surface area contributed by atoms with E-state index >= 15 is 0 Å². The predicted octanol–water partition coefficient (Wildman–Crippen LogP) is 3.49. The number of aryl methyl sites for hydroxylation is 1. The first kappa shape index (κ1) is 19.0. The first-order chi connectivity index (χ1) is 13.0. The van der Waals surface area contributed by atoms with E-state index in [1.165, 1.54) is 10.5 Å². The second-order valence-corrected chi connectivity index (χ2v) is 7.12. The summed E-state index contributed by atoms with van der Waals surface area (Å²) >= 11 is 0. The summed E-state index contributed by atoms with van der Waals surface area (Å²) in [5, 5.41) is 3.10. The van der Waals surface area contributed by atoms with Gasteiger partial charge in [0.05, 0.1) is 11.7 Å². The lowest BCUT2D eigenvalue weighted by Crippen LogP contribution is -2.46. The third-order valence-corrected chi connectivity index (χ3v) is 4.84. The highest BCUT2D eigenvalue weighted by Gasteiger charge is 2.28. The summed E-state index contributed by atoms with van der Waals surface area (Å²) in [7, 11) is 0. The number of nitrogens with one attached hydrogen (secondary N) is 1. The van der Waals surface area contributed by atoms with E-state index in [2.05, 4.69) is 50.4 Å². The molecule has 5 heteroatoms. The number of hydrogen-bond acceptors (Lipinski definition) is 3. The number of hydrogen-bond donors (Lipinski definition) is 1. The molecular formula is C22H26N2O3. The Morgan fingerprint density at radius 2 is 1.85 bits per heavy atom. The Balaban J connectivity index is 1.74. The van der Waals surface area contributed by atoms with Crippen LogP contribution in [-0.4, -0.2) is 25.0 Å². The van der Waals surface area contributed by atoms with Crippen LogP contribution >= 0.6 is 0 Å². The molecule has 1 atom stereocenters. The van der Waals surface area contributed by atoms with Gasteiger partial charge in [0.25, 0.3) is 5.91 Å². The third kappa shape index (κ3) is 4.30. The average Bonchev–Trinajstić information content (AvgIpc) is 2.68. The number of carbonyl (C=O) groups excluding carboxylic acids is 2. The zero-order chi connectivity index (χ0) is 19.4. The number of ether oxygens (including phenoxy) is 1. The number of amides is 2. The molecular weight excluding hydrogens is 340 g/mol. The van der Waals surface area contributed by atoms with Gasteiger partial charge < -0.3 is 10.1 Å². The topological polar surface area (TPSA) is 58.6 Å². The summed E-state index contributed by atoms with van der Waals surface area (Å²) in [5.41, 5.74) is 2.98. The van der Waals surface area contributed by atoms with Crippen molar-refractivity contribution in [3.05, 3.63) is 59.7 Å². The highest BCUT2D eigenvalue weighted by molar-refractivity contribution is 6.02. The molecule has 0 spiro atoms. The Kier molecular flexibility index (Phi) is 5.79. The van der Waals surface area contributed by atoms with Crippen molar-refractivity contribution >= 4 is 17.5 Å². The number of rotatable bonds is 6. The number of para-hydroxylation sites is 2. The van der Waals surface area contributed by atoms with Crippen molar-refractivity contribution in [2.75, 3.05) is 18.1 Å². The molecule has 0 saturated heterocycles. The molecule has 1 N–H and O–H groups in total. The van der Waals surface area contributed by atoms with Crippen LogP contribution in [0.3, 0.4) is 0 Å². The molecule has 2 aromatic carbocycles. The first-order valence-corrected chi connectivity index (χ1v) is 9.40. The largest absolute Gasteiger partial charge is 0.482 e. The van der Waals surface area contributed by atoms with E-state index in [1.807, 2.05) is 12.1 Å². The van der Waals surface area contributed by atoms with Gasteiger partial charge in [-0.3, -0.25) is 14.5 Å².